The van der Waals surface area contributed by atoms with Gasteiger partial charge in [0.05, 0.1) is 0 Å². The summed E-state index contributed by atoms with van der Waals surface area (Å²) in [5.41, 5.74) is 0.443. The quantitative estimate of drug-likeness (QED) is 0.214. The van der Waals surface area contributed by atoms with E-state index in [1.165, 1.54) is 44.6 Å². The predicted octanol–water partition coefficient (Wildman–Crippen LogP) is 6.44. The first-order chi connectivity index (χ1) is 15.6. The molecule has 0 atom stereocenters. The van der Waals surface area contributed by atoms with Crippen molar-refractivity contribution >= 4 is 20.2 Å². The van der Waals surface area contributed by atoms with Crippen LogP contribution < -0.4 is 4.74 Å². The maximum atomic E-state index is 12.1. The number of ether oxygens (including phenoxy) is 1. The SMILES string of the molecule is CCCCCCCCCCCCc1ccc(S(=O)(=O)O)c(S(=O)(=O)O)c1Oc1ccccc1. The summed E-state index contributed by atoms with van der Waals surface area (Å²) in [4.78, 5) is -1.86. The van der Waals surface area contributed by atoms with Gasteiger partial charge < -0.3 is 4.74 Å². The van der Waals surface area contributed by atoms with Crippen LogP contribution in [0.3, 0.4) is 0 Å². The number of benzene rings is 2. The molecule has 0 aliphatic carbocycles. The number of hydrogen-bond acceptors (Lipinski definition) is 5. The summed E-state index contributed by atoms with van der Waals surface area (Å²) in [7, 11) is -9.92. The average Bonchev–Trinajstić information content (AvgIpc) is 2.75. The van der Waals surface area contributed by atoms with Gasteiger partial charge in [0.15, 0.2) is 10.6 Å². The van der Waals surface area contributed by atoms with Gasteiger partial charge in [-0.15, -0.1) is 0 Å². The van der Waals surface area contributed by atoms with E-state index in [0.29, 0.717) is 12.0 Å². The van der Waals surface area contributed by atoms with E-state index in [0.717, 1.165) is 31.7 Å². The Hall–Kier alpha value is -1.94. The molecule has 0 spiro atoms. The summed E-state index contributed by atoms with van der Waals surface area (Å²) >= 11 is 0. The molecule has 0 heterocycles. The Morgan fingerprint density at radius 2 is 1.24 bits per heavy atom. The fraction of sp³-hybridized carbons (Fsp3) is 0.500. The Bertz CT molecular complexity index is 1080. The summed E-state index contributed by atoms with van der Waals surface area (Å²) in [5.74, 6) is -0.00559. The van der Waals surface area contributed by atoms with E-state index in [2.05, 4.69) is 6.92 Å². The van der Waals surface area contributed by atoms with Crippen LogP contribution >= 0.6 is 0 Å². The van der Waals surface area contributed by atoms with Crippen LogP contribution in [0.5, 0.6) is 11.5 Å². The molecule has 0 amide bonds. The molecule has 7 nitrogen and oxygen atoms in total. The molecule has 2 aromatic carbocycles. The minimum Gasteiger partial charge on any atom is -0.456 e. The zero-order valence-corrected chi connectivity index (χ0v) is 20.7. The fourth-order valence-electron chi connectivity index (χ4n) is 3.75. The molecule has 2 N–H and O–H groups in total. The van der Waals surface area contributed by atoms with Crippen LogP contribution in [-0.4, -0.2) is 25.9 Å². The van der Waals surface area contributed by atoms with Gasteiger partial charge in [-0.1, -0.05) is 89.0 Å². The summed E-state index contributed by atoms with van der Waals surface area (Å²) in [5, 5.41) is 0. The van der Waals surface area contributed by atoms with Crippen LogP contribution in [-0.2, 0) is 26.7 Å². The molecule has 0 bridgehead atoms. The predicted molar refractivity (Wildman–Crippen MR) is 128 cm³/mol. The van der Waals surface area contributed by atoms with Gasteiger partial charge in [0, 0.05) is 0 Å². The standard InChI is InChI=1S/C24H34O7S2/c1-2-3-4-5-6-7-8-9-10-12-15-20-18-19-22(32(25,26)27)24(33(28,29)30)23(20)31-21-16-13-11-14-17-21/h11,13-14,16-19H,2-10,12,15H2,1H3,(H,25,26,27)(H,28,29,30). The minimum atomic E-state index is -5.01. The van der Waals surface area contributed by atoms with Gasteiger partial charge in [-0.2, -0.15) is 16.8 Å². The van der Waals surface area contributed by atoms with E-state index in [4.69, 9.17) is 4.74 Å². The van der Waals surface area contributed by atoms with Crippen molar-refractivity contribution in [1.29, 1.82) is 0 Å². The maximum Gasteiger partial charge on any atom is 0.299 e. The van der Waals surface area contributed by atoms with Crippen molar-refractivity contribution in [2.24, 2.45) is 0 Å². The Labute approximate surface area is 197 Å². The fourth-order valence-corrected chi connectivity index (χ4v) is 5.68. The van der Waals surface area contributed by atoms with E-state index in [1.807, 2.05) is 0 Å². The van der Waals surface area contributed by atoms with Crippen molar-refractivity contribution < 1.29 is 30.7 Å². The lowest BCUT2D eigenvalue weighted by Gasteiger charge is -2.16. The first kappa shape index (κ1) is 27.3. The lowest BCUT2D eigenvalue weighted by molar-refractivity contribution is 0.432. The summed E-state index contributed by atoms with van der Waals surface area (Å²) < 4.78 is 72.8. The van der Waals surface area contributed by atoms with Crippen molar-refractivity contribution in [3.05, 3.63) is 48.0 Å². The largest absolute Gasteiger partial charge is 0.456 e. The molecule has 184 valence electrons. The lowest BCUT2D eigenvalue weighted by Crippen LogP contribution is -2.11. The Kier molecular flexibility index (Phi) is 10.8. The molecule has 2 aromatic rings. The Balaban J connectivity index is 2.15. The van der Waals surface area contributed by atoms with Gasteiger partial charge in [-0.25, -0.2) is 0 Å². The van der Waals surface area contributed by atoms with E-state index >= 15 is 0 Å². The highest BCUT2D eigenvalue weighted by atomic mass is 32.2. The van der Waals surface area contributed by atoms with Gasteiger partial charge in [0.1, 0.15) is 10.6 Å². The van der Waals surface area contributed by atoms with Crippen LogP contribution in [0.1, 0.15) is 76.7 Å². The van der Waals surface area contributed by atoms with Crippen molar-refractivity contribution in [2.45, 2.75) is 87.3 Å². The molecule has 0 aliphatic rings. The minimum absolute atomic E-state index is 0.277. The lowest BCUT2D eigenvalue weighted by atomic mass is 10.0. The monoisotopic (exact) mass is 498 g/mol. The Morgan fingerprint density at radius 3 is 1.76 bits per heavy atom. The highest BCUT2D eigenvalue weighted by molar-refractivity contribution is 7.89. The molecule has 2 rings (SSSR count). The van der Waals surface area contributed by atoms with Crippen LogP contribution in [0.2, 0.25) is 0 Å². The number of unbranched alkanes of at least 4 members (excludes halogenated alkanes) is 9. The zero-order chi connectivity index (χ0) is 24.3. The molecule has 0 saturated heterocycles. The molecule has 0 aliphatic heterocycles. The van der Waals surface area contributed by atoms with Gasteiger partial charge in [0.2, 0.25) is 0 Å². The van der Waals surface area contributed by atoms with Crippen LogP contribution in [0, 0.1) is 0 Å². The molecular weight excluding hydrogens is 464 g/mol. The van der Waals surface area contributed by atoms with E-state index in [9.17, 15) is 25.9 Å². The van der Waals surface area contributed by atoms with Gasteiger partial charge in [0.25, 0.3) is 20.2 Å². The van der Waals surface area contributed by atoms with Crippen molar-refractivity contribution in [3.8, 4) is 11.5 Å². The zero-order valence-electron chi connectivity index (χ0n) is 19.1. The van der Waals surface area contributed by atoms with Crippen molar-refractivity contribution in [2.75, 3.05) is 0 Å². The normalized spacial score (nSPS) is 12.1. The molecule has 0 unspecified atom stereocenters. The highest BCUT2D eigenvalue weighted by Crippen LogP contribution is 2.38. The van der Waals surface area contributed by atoms with Gasteiger partial charge in [-0.05, 0) is 36.6 Å². The van der Waals surface area contributed by atoms with Gasteiger partial charge >= 0.3 is 0 Å². The number of para-hydroxylation sites is 1. The molecule has 9 heteroatoms. The van der Waals surface area contributed by atoms with Crippen LogP contribution in [0.4, 0.5) is 0 Å². The van der Waals surface area contributed by atoms with Gasteiger partial charge in [-0.3, -0.25) is 9.11 Å². The smallest absolute Gasteiger partial charge is 0.299 e. The molecule has 0 saturated carbocycles. The molecule has 0 aromatic heterocycles. The highest BCUT2D eigenvalue weighted by Gasteiger charge is 2.30. The van der Waals surface area contributed by atoms with Crippen molar-refractivity contribution in [1.82, 2.24) is 0 Å². The molecule has 0 fully saturated rings. The van der Waals surface area contributed by atoms with E-state index < -0.39 is 30.0 Å². The number of aryl methyl sites for hydroxylation is 1. The topological polar surface area (TPSA) is 118 Å². The maximum absolute atomic E-state index is 12.1. The van der Waals surface area contributed by atoms with E-state index in [1.54, 1.807) is 30.3 Å². The van der Waals surface area contributed by atoms with Crippen molar-refractivity contribution in [3.63, 3.8) is 0 Å². The number of hydrogen-bond donors (Lipinski definition) is 2. The average molecular weight is 499 g/mol. The first-order valence-electron chi connectivity index (χ1n) is 11.5. The molecular formula is C24H34O7S2. The summed E-state index contributed by atoms with van der Waals surface area (Å²) in [6.07, 6.45) is 11.8. The van der Waals surface area contributed by atoms with Crippen LogP contribution in [0.25, 0.3) is 0 Å². The second-order valence-electron chi connectivity index (χ2n) is 8.18. The second kappa shape index (κ2) is 13.1. The third kappa shape index (κ3) is 9.08. The first-order valence-corrected chi connectivity index (χ1v) is 14.4. The third-order valence-corrected chi connectivity index (χ3v) is 7.40. The third-order valence-electron chi connectivity index (χ3n) is 5.46. The molecule has 0 radical (unpaired) electrons. The van der Waals surface area contributed by atoms with E-state index in [-0.39, 0.29) is 11.5 Å². The summed E-state index contributed by atoms with van der Waals surface area (Å²) in [6, 6.07) is 10.7. The summed E-state index contributed by atoms with van der Waals surface area (Å²) in [6.45, 7) is 2.20. The molecule has 33 heavy (non-hydrogen) atoms. The number of rotatable bonds is 15. The van der Waals surface area contributed by atoms with Crippen LogP contribution in [0.15, 0.2) is 52.3 Å². The Morgan fingerprint density at radius 1 is 0.697 bits per heavy atom. The second-order valence-corrected chi connectivity index (χ2v) is 10.9.